The van der Waals surface area contributed by atoms with Crippen molar-refractivity contribution in [3.63, 3.8) is 0 Å². The van der Waals surface area contributed by atoms with Gasteiger partial charge in [0.2, 0.25) is 0 Å². The van der Waals surface area contributed by atoms with E-state index in [1.807, 2.05) is 35.3 Å². The smallest absolute Gasteiger partial charge is 0.187 e. The number of carbonyl (C=O) groups excluding carboxylic acids is 1. The predicted octanol–water partition coefficient (Wildman–Crippen LogP) is 3.32. The van der Waals surface area contributed by atoms with Crippen molar-refractivity contribution < 1.29 is 4.79 Å². The van der Waals surface area contributed by atoms with Gasteiger partial charge in [0.1, 0.15) is 4.87 Å². The molecule has 1 aromatic carbocycles. The van der Waals surface area contributed by atoms with Gasteiger partial charge < -0.3 is 5.73 Å². The molecule has 0 unspecified atom stereocenters. The van der Waals surface area contributed by atoms with E-state index < -0.39 is 0 Å². The van der Waals surface area contributed by atoms with Crippen LogP contribution in [0.4, 0.5) is 0 Å². The second-order valence-corrected chi connectivity index (χ2v) is 6.82. The van der Waals surface area contributed by atoms with E-state index in [4.69, 9.17) is 5.73 Å². The highest BCUT2D eigenvalue weighted by atomic mass is 32.2. The average Bonchev–Trinajstić information content (AvgIpc) is 2.81. The predicted molar refractivity (Wildman–Crippen MR) is 86.8 cm³/mol. The minimum Gasteiger partial charge on any atom is -0.377 e. The molecule has 21 heavy (non-hydrogen) atoms. The zero-order chi connectivity index (χ0) is 14.7. The molecule has 0 aromatic heterocycles. The molecule has 1 fully saturated rings. The molecule has 1 aliphatic carbocycles. The standard InChI is InChI=1S/C16H19N3OS/c17-15-18-19(16(21-15)10-5-2-6-11-16)12-9-14(20)13-7-3-1-4-8-13/h1,3-4,7-9,12H,2,5-6,10-11H2,(H2,17,18)/b12-9+. The largest absolute Gasteiger partial charge is 0.377 e. The molecule has 1 spiro atoms. The molecule has 0 amide bonds. The first kappa shape index (κ1) is 14.2. The summed E-state index contributed by atoms with van der Waals surface area (Å²) in [5.74, 6) is -0.00719. The van der Waals surface area contributed by atoms with E-state index in [1.54, 1.807) is 24.0 Å². The van der Waals surface area contributed by atoms with Gasteiger partial charge in [-0.3, -0.25) is 9.80 Å². The van der Waals surface area contributed by atoms with Gasteiger partial charge in [-0.25, -0.2) is 0 Å². The Morgan fingerprint density at radius 1 is 1.24 bits per heavy atom. The first-order chi connectivity index (χ1) is 10.2. The topological polar surface area (TPSA) is 58.7 Å². The van der Waals surface area contributed by atoms with Crippen molar-refractivity contribution in [1.29, 1.82) is 0 Å². The van der Waals surface area contributed by atoms with Crippen LogP contribution in [-0.2, 0) is 0 Å². The summed E-state index contributed by atoms with van der Waals surface area (Å²) in [7, 11) is 0. The lowest BCUT2D eigenvalue weighted by atomic mass is 9.94. The van der Waals surface area contributed by atoms with E-state index in [9.17, 15) is 4.79 Å². The summed E-state index contributed by atoms with van der Waals surface area (Å²) >= 11 is 1.64. The maximum Gasteiger partial charge on any atom is 0.187 e. The molecule has 0 atom stereocenters. The summed E-state index contributed by atoms with van der Waals surface area (Å²) < 4.78 is 0. The molecule has 1 aliphatic heterocycles. The fourth-order valence-electron chi connectivity index (χ4n) is 2.90. The molecule has 1 aromatic rings. The Kier molecular flexibility index (Phi) is 4.01. The van der Waals surface area contributed by atoms with Crippen molar-refractivity contribution >= 4 is 22.7 Å². The maximum atomic E-state index is 12.2. The van der Waals surface area contributed by atoms with Crippen LogP contribution in [0.5, 0.6) is 0 Å². The Balaban J connectivity index is 1.76. The van der Waals surface area contributed by atoms with Crippen LogP contribution in [0, 0.1) is 0 Å². The zero-order valence-electron chi connectivity index (χ0n) is 11.9. The number of nitrogens with two attached hydrogens (primary N) is 1. The van der Waals surface area contributed by atoms with E-state index >= 15 is 0 Å². The minimum absolute atomic E-state index is 0.00719. The highest BCUT2D eigenvalue weighted by Crippen LogP contribution is 2.46. The lowest BCUT2D eigenvalue weighted by molar-refractivity contribution is 0.104. The van der Waals surface area contributed by atoms with Gasteiger partial charge in [0.05, 0.1) is 0 Å². The molecule has 0 saturated heterocycles. The van der Waals surface area contributed by atoms with E-state index in [0.717, 1.165) is 12.8 Å². The highest BCUT2D eigenvalue weighted by Gasteiger charge is 2.42. The molecule has 2 N–H and O–H groups in total. The Labute approximate surface area is 129 Å². The lowest BCUT2D eigenvalue weighted by Gasteiger charge is -2.37. The van der Waals surface area contributed by atoms with Crippen LogP contribution >= 0.6 is 11.8 Å². The van der Waals surface area contributed by atoms with Crippen molar-refractivity contribution in [1.82, 2.24) is 5.01 Å². The third-order valence-electron chi connectivity index (χ3n) is 3.98. The molecular formula is C16H19N3OS. The van der Waals surface area contributed by atoms with Gasteiger partial charge in [-0.1, -0.05) is 61.4 Å². The van der Waals surface area contributed by atoms with Crippen molar-refractivity contribution in [2.45, 2.75) is 37.0 Å². The maximum absolute atomic E-state index is 12.2. The zero-order valence-corrected chi connectivity index (χ0v) is 12.7. The van der Waals surface area contributed by atoms with Gasteiger partial charge in [0.15, 0.2) is 11.0 Å². The average molecular weight is 301 g/mol. The summed E-state index contributed by atoms with van der Waals surface area (Å²) in [6, 6.07) is 9.27. The summed E-state index contributed by atoms with van der Waals surface area (Å²) in [5, 5.41) is 6.87. The van der Waals surface area contributed by atoms with Crippen LogP contribution in [0.25, 0.3) is 0 Å². The van der Waals surface area contributed by atoms with E-state index in [1.165, 1.54) is 19.3 Å². The minimum atomic E-state index is -0.0736. The third kappa shape index (κ3) is 2.97. The first-order valence-corrected chi connectivity index (χ1v) is 8.11. The molecule has 4 nitrogen and oxygen atoms in total. The van der Waals surface area contributed by atoms with Gasteiger partial charge in [-0.2, -0.15) is 0 Å². The Bertz CT molecular complexity index is 576. The second-order valence-electron chi connectivity index (χ2n) is 5.44. The van der Waals surface area contributed by atoms with Crippen LogP contribution < -0.4 is 5.73 Å². The molecule has 110 valence electrons. The van der Waals surface area contributed by atoms with Crippen LogP contribution in [0.15, 0.2) is 47.7 Å². The van der Waals surface area contributed by atoms with Crippen molar-refractivity contribution in [2.24, 2.45) is 10.8 Å². The summed E-state index contributed by atoms with van der Waals surface area (Å²) in [6.45, 7) is 0. The van der Waals surface area contributed by atoms with E-state index in [-0.39, 0.29) is 10.7 Å². The summed E-state index contributed by atoms with van der Waals surface area (Å²) in [4.78, 5) is 12.1. The lowest BCUT2D eigenvalue weighted by Crippen LogP contribution is -2.38. The summed E-state index contributed by atoms with van der Waals surface area (Å²) in [6.07, 6.45) is 9.14. The number of rotatable bonds is 3. The Morgan fingerprint density at radius 2 is 1.95 bits per heavy atom. The number of thioether (sulfide) groups is 1. The number of amidine groups is 1. The molecular weight excluding hydrogens is 282 g/mol. The molecule has 0 bridgehead atoms. The van der Waals surface area contributed by atoms with Gasteiger partial charge in [0.25, 0.3) is 0 Å². The molecule has 0 radical (unpaired) electrons. The second kappa shape index (κ2) is 5.93. The number of allylic oxidation sites excluding steroid dienone is 1. The highest BCUT2D eigenvalue weighted by molar-refractivity contribution is 8.15. The number of hydrogen-bond donors (Lipinski definition) is 1. The quantitative estimate of drug-likeness (QED) is 0.687. The van der Waals surface area contributed by atoms with Crippen molar-refractivity contribution in [2.75, 3.05) is 0 Å². The number of hydrazone groups is 1. The first-order valence-electron chi connectivity index (χ1n) is 7.30. The fraction of sp³-hybridized carbons (Fsp3) is 0.375. The number of nitrogens with zero attached hydrogens (tertiary/aromatic N) is 2. The van der Waals surface area contributed by atoms with E-state index in [2.05, 4.69) is 5.10 Å². The van der Waals surface area contributed by atoms with E-state index in [0.29, 0.717) is 10.7 Å². The number of benzene rings is 1. The Morgan fingerprint density at radius 3 is 2.67 bits per heavy atom. The summed E-state index contributed by atoms with van der Waals surface area (Å²) in [5.41, 5.74) is 6.59. The van der Waals surface area contributed by atoms with Gasteiger partial charge in [0, 0.05) is 17.8 Å². The molecule has 3 rings (SSSR count). The van der Waals surface area contributed by atoms with Crippen molar-refractivity contribution in [3.8, 4) is 0 Å². The molecule has 1 saturated carbocycles. The van der Waals surface area contributed by atoms with Crippen LogP contribution in [0.1, 0.15) is 42.5 Å². The monoisotopic (exact) mass is 301 g/mol. The van der Waals surface area contributed by atoms with Gasteiger partial charge >= 0.3 is 0 Å². The fourth-order valence-corrected chi connectivity index (χ4v) is 4.11. The van der Waals surface area contributed by atoms with Crippen LogP contribution in [0.2, 0.25) is 0 Å². The van der Waals surface area contributed by atoms with Crippen molar-refractivity contribution in [3.05, 3.63) is 48.2 Å². The normalized spacial score (nSPS) is 21.0. The molecule has 1 heterocycles. The van der Waals surface area contributed by atoms with Crippen LogP contribution in [0.3, 0.4) is 0 Å². The molecule has 5 heteroatoms. The van der Waals surface area contributed by atoms with Crippen LogP contribution in [-0.4, -0.2) is 20.8 Å². The number of carbonyl (C=O) groups is 1. The van der Waals surface area contributed by atoms with Gasteiger partial charge in [-0.05, 0) is 12.8 Å². The Hall–Kier alpha value is -1.75. The number of ketones is 1. The number of hydrogen-bond acceptors (Lipinski definition) is 5. The SMILES string of the molecule is NC1=NN(/C=C/C(=O)c2ccccc2)C2(CCCCC2)S1. The molecule has 2 aliphatic rings. The third-order valence-corrected chi connectivity index (χ3v) is 5.24. The van der Waals surface area contributed by atoms with Gasteiger partial charge in [-0.15, -0.1) is 5.10 Å².